The lowest BCUT2D eigenvalue weighted by molar-refractivity contribution is -0.384. The van der Waals surface area contributed by atoms with Crippen LogP contribution in [-0.2, 0) is 0 Å². The fraction of sp³-hybridized carbons (Fsp3) is 0.333. The molecular formula is C15H16N4O4. The summed E-state index contributed by atoms with van der Waals surface area (Å²) in [7, 11) is 0. The molecule has 120 valence electrons. The third-order valence-electron chi connectivity index (χ3n) is 3.73. The van der Waals surface area contributed by atoms with Gasteiger partial charge in [-0.25, -0.2) is 4.79 Å². The summed E-state index contributed by atoms with van der Waals surface area (Å²) < 4.78 is 0. The van der Waals surface area contributed by atoms with E-state index in [4.69, 9.17) is 4.84 Å². The maximum Gasteiger partial charge on any atom is 0.435 e. The molecule has 1 aromatic carbocycles. The molecule has 1 fully saturated rings. The number of piperidine rings is 1. The van der Waals surface area contributed by atoms with Gasteiger partial charge in [-0.15, -0.1) is 5.10 Å². The van der Waals surface area contributed by atoms with Crippen molar-refractivity contribution in [2.75, 3.05) is 13.1 Å². The van der Waals surface area contributed by atoms with Gasteiger partial charge in [-0.05, 0) is 37.5 Å². The van der Waals surface area contributed by atoms with E-state index in [0.29, 0.717) is 24.3 Å². The third kappa shape index (κ3) is 3.47. The van der Waals surface area contributed by atoms with Crippen molar-refractivity contribution in [3.63, 3.8) is 0 Å². The van der Waals surface area contributed by atoms with Crippen LogP contribution in [0.15, 0.2) is 36.5 Å². The monoisotopic (exact) mass is 316 g/mol. The Morgan fingerprint density at radius 3 is 2.48 bits per heavy atom. The number of amides is 1. The molecule has 0 radical (unpaired) electrons. The molecule has 1 aliphatic heterocycles. The van der Waals surface area contributed by atoms with Gasteiger partial charge in [0.05, 0.1) is 16.8 Å². The number of hydrogen-bond donors (Lipinski definition) is 0. The number of likely N-dealkylation sites (tertiary alicyclic amines) is 1. The first-order valence-electron chi connectivity index (χ1n) is 7.41. The summed E-state index contributed by atoms with van der Waals surface area (Å²) in [6, 6.07) is 7.72. The van der Waals surface area contributed by atoms with Crippen LogP contribution in [0.3, 0.4) is 0 Å². The highest BCUT2D eigenvalue weighted by Crippen LogP contribution is 2.20. The van der Waals surface area contributed by atoms with E-state index >= 15 is 0 Å². The fourth-order valence-corrected chi connectivity index (χ4v) is 2.48. The highest BCUT2D eigenvalue weighted by molar-refractivity contribution is 5.68. The topological polar surface area (TPSA) is 90.5 Å². The first-order valence-corrected chi connectivity index (χ1v) is 7.41. The van der Waals surface area contributed by atoms with Gasteiger partial charge in [0, 0.05) is 30.8 Å². The number of rotatable bonds is 3. The Kier molecular flexibility index (Phi) is 4.22. The Hall–Kier alpha value is -2.90. The zero-order valence-corrected chi connectivity index (χ0v) is 12.4. The van der Waals surface area contributed by atoms with Crippen LogP contribution in [-0.4, -0.2) is 38.9 Å². The van der Waals surface area contributed by atoms with E-state index < -0.39 is 11.0 Å². The molecule has 0 N–H and O–H groups in total. The summed E-state index contributed by atoms with van der Waals surface area (Å²) >= 11 is 0. The maximum absolute atomic E-state index is 12.0. The van der Waals surface area contributed by atoms with Crippen LogP contribution in [0, 0.1) is 10.1 Å². The minimum absolute atomic E-state index is 0.0182. The van der Waals surface area contributed by atoms with Crippen molar-refractivity contribution in [2.45, 2.75) is 19.3 Å². The van der Waals surface area contributed by atoms with Gasteiger partial charge in [-0.3, -0.25) is 15.0 Å². The van der Waals surface area contributed by atoms with Gasteiger partial charge in [0.25, 0.3) is 5.69 Å². The van der Waals surface area contributed by atoms with E-state index in [1.807, 2.05) is 0 Å². The largest absolute Gasteiger partial charge is 0.435 e. The van der Waals surface area contributed by atoms with Crippen molar-refractivity contribution in [1.29, 1.82) is 0 Å². The Morgan fingerprint density at radius 2 is 1.83 bits per heavy atom. The zero-order chi connectivity index (χ0) is 16.2. The number of benzene rings is 1. The van der Waals surface area contributed by atoms with Crippen molar-refractivity contribution < 1.29 is 14.6 Å². The van der Waals surface area contributed by atoms with Gasteiger partial charge in [0.1, 0.15) is 0 Å². The number of non-ortho nitro benzene ring substituents is 1. The molecule has 0 bridgehead atoms. The van der Waals surface area contributed by atoms with Crippen LogP contribution < -0.4 is 4.84 Å². The molecule has 1 amide bonds. The maximum atomic E-state index is 12.0. The molecule has 23 heavy (non-hydrogen) atoms. The Labute approximate surface area is 132 Å². The molecule has 2 aromatic rings. The second kappa shape index (κ2) is 6.47. The van der Waals surface area contributed by atoms with Gasteiger partial charge in [-0.2, -0.15) is 0 Å². The second-order valence-electron chi connectivity index (χ2n) is 5.31. The van der Waals surface area contributed by atoms with E-state index in [0.717, 1.165) is 24.1 Å². The first-order chi connectivity index (χ1) is 11.1. The van der Waals surface area contributed by atoms with Crippen LogP contribution in [0.5, 0.6) is 0 Å². The summed E-state index contributed by atoms with van der Waals surface area (Å²) in [4.78, 5) is 30.2. The number of nitro benzene ring substituents is 1. The van der Waals surface area contributed by atoms with Crippen molar-refractivity contribution >= 4 is 11.8 Å². The summed E-state index contributed by atoms with van der Waals surface area (Å²) in [5.74, 6) is 0. The van der Waals surface area contributed by atoms with E-state index in [1.54, 1.807) is 29.3 Å². The summed E-state index contributed by atoms with van der Waals surface area (Å²) in [6.45, 7) is 1.41. The molecule has 0 spiro atoms. The quantitative estimate of drug-likeness (QED) is 0.641. The van der Waals surface area contributed by atoms with E-state index in [2.05, 4.69) is 5.10 Å². The average Bonchev–Trinajstić information content (AvgIpc) is 3.04. The fourth-order valence-electron chi connectivity index (χ4n) is 2.48. The van der Waals surface area contributed by atoms with Gasteiger partial charge >= 0.3 is 6.09 Å². The number of nitro groups is 1. The van der Waals surface area contributed by atoms with Gasteiger partial charge in [-0.1, -0.05) is 4.85 Å². The molecule has 0 unspecified atom stereocenters. The van der Waals surface area contributed by atoms with E-state index in [9.17, 15) is 14.9 Å². The van der Waals surface area contributed by atoms with Crippen LogP contribution >= 0.6 is 0 Å². The third-order valence-corrected chi connectivity index (χ3v) is 3.73. The lowest BCUT2D eigenvalue weighted by Gasteiger charge is -2.25. The Morgan fingerprint density at radius 1 is 1.13 bits per heavy atom. The second-order valence-corrected chi connectivity index (χ2v) is 5.31. The number of nitrogens with zero attached hydrogens (tertiary/aromatic N) is 4. The molecular weight excluding hydrogens is 300 g/mol. The average molecular weight is 316 g/mol. The van der Waals surface area contributed by atoms with Gasteiger partial charge < -0.3 is 4.90 Å². The number of carbonyl (C=O) groups is 1. The molecule has 1 aliphatic rings. The highest BCUT2D eigenvalue weighted by atomic mass is 16.7. The molecule has 3 rings (SSSR count). The first kappa shape index (κ1) is 15.0. The lowest BCUT2D eigenvalue weighted by Crippen LogP contribution is -2.40. The van der Waals surface area contributed by atoms with Crippen LogP contribution in [0.4, 0.5) is 10.5 Å². The molecule has 8 nitrogen and oxygen atoms in total. The summed E-state index contributed by atoms with van der Waals surface area (Å²) in [5, 5.41) is 14.8. The molecule has 1 saturated heterocycles. The molecule has 0 atom stereocenters. The van der Waals surface area contributed by atoms with Crippen molar-refractivity contribution in [2.24, 2.45) is 0 Å². The van der Waals surface area contributed by atoms with Crippen LogP contribution in [0.2, 0.25) is 0 Å². The standard InChI is InChI=1S/C15H16N4O4/c20-15(17-9-2-1-3-10-17)23-18-11-8-14(16-18)12-4-6-13(7-5-12)19(21)22/h4-8,11H,1-3,9-10H2. The van der Waals surface area contributed by atoms with E-state index in [-0.39, 0.29) is 5.69 Å². The minimum atomic E-state index is -0.456. The van der Waals surface area contributed by atoms with Crippen LogP contribution in [0.1, 0.15) is 19.3 Å². The highest BCUT2D eigenvalue weighted by Gasteiger charge is 2.19. The predicted molar refractivity (Wildman–Crippen MR) is 81.7 cm³/mol. The lowest BCUT2D eigenvalue weighted by atomic mass is 10.1. The molecule has 8 heteroatoms. The Balaban J connectivity index is 1.67. The molecule has 0 saturated carbocycles. The normalized spacial score (nSPS) is 14.5. The van der Waals surface area contributed by atoms with Crippen LogP contribution in [0.25, 0.3) is 11.3 Å². The molecule has 0 aliphatic carbocycles. The SMILES string of the molecule is O=C(On1ccc(-c2ccc([N+](=O)[O-])cc2)n1)N1CCCCC1. The molecule has 2 heterocycles. The Bertz CT molecular complexity index is 705. The summed E-state index contributed by atoms with van der Waals surface area (Å²) in [5.41, 5.74) is 1.31. The van der Waals surface area contributed by atoms with Crippen molar-refractivity contribution in [3.8, 4) is 11.3 Å². The molecule has 1 aromatic heterocycles. The zero-order valence-electron chi connectivity index (χ0n) is 12.4. The van der Waals surface area contributed by atoms with Gasteiger partial charge in [0.2, 0.25) is 0 Å². The van der Waals surface area contributed by atoms with E-state index in [1.165, 1.54) is 12.1 Å². The van der Waals surface area contributed by atoms with Crippen molar-refractivity contribution in [3.05, 3.63) is 46.6 Å². The van der Waals surface area contributed by atoms with Gasteiger partial charge in [0.15, 0.2) is 0 Å². The number of aromatic nitrogens is 2. The summed E-state index contributed by atoms with van der Waals surface area (Å²) in [6.07, 6.45) is 4.24. The predicted octanol–water partition coefficient (Wildman–Crippen LogP) is 2.49. The minimum Gasteiger partial charge on any atom is -0.306 e. The van der Waals surface area contributed by atoms with Crippen molar-refractivity contribution in [1.82, 2.24) is 14.8 Å². The number of carbonyl (C=O) groups excluding carboxylic acids is 1. The number of hydrogen-bond acceptors (Lipinski definition) is 5. The smallest absolute Gasteiger partial charge is 0.306 e.